The fourth-order valence-corrected chi connectivity index (χ4v) is 2.66. The molecule has 1 fully saturated rings. The molecule has 3 N–H and O–H groups in total. The maximum atomic E-state index is 12.1. The van der Waals surface area contributed by atoms with E-state index in [4.69, 9.17) is 10.5 Å². The van der Waals surface area contributed by atoms with Gasteiger partial charge < -0.3 is 15.8 Å². The SMILES string of the molecule is CC(NC(=O)C1(N)CCOCC1)c1ccsc1. The van der Waals surface area contributed by atoms with Crippen LogP contribution in [0.1, 0.15) is 31.4 Å². The molecule has 0 spiro atoms. The second-order valence-electron chi connectivity index (χ2n) is 4.52. The van der Waals surface area contributed by atoms with Crippen LogP contribution in [0, 0.1) is 0 Å². The zero-order chi connectivity index (χ0) is 12.3. The minimum absolute atomic E-state index is 0.0111. The summed E-state index contributed by atoms with van der Waals surface area (Å²) in [5, 5.41) is 7.02. The van der Waals surface area contributed by atoms with Gasteiger partial charge >= 0.3 is 0 Å². The van der Waals surface area contributed by atoms with Gasteiger partial charge in [0.15, 0.2) is 0 Å². The molecule has 2 heterocycles. The minimum Gasteiger partial charge on any atom is -0.381 e. The average molecular weight is 254 g/mol. The van der Waals surface area contributed by atoms with E-state index in [1.807, 2.05) is 23.8 Å². The summed E-state index contributed by atoms with van der Waals surface area (Å²) < 4.78 is 5.23. The van der Waals surface area contributed by atoms with Crippen molar-refractivity contribution >= 4 is 17.2 Å². The number of carbonyl (C=O) groups excluding carboxylic acids is 1. The number of thiophene rings is 1. The smallest absolute Gasteiger partial charge is 0.240 e. The van der Waals surface area contributed by atoms with Gasteiger partial charge in [-0.25, -0.2) is 0 Å². The van der Waals surface area contributed by atoms with E-state index in [0.29, 0.717) is 26.1 Å². The van der Waals surface area contributed by atoms with Crippen LogP contribution in [0.3, 0.4) is 0 Å². The number of carbonyl (C=O) groups is 1. The predicted molar refractivity (Wildman–Crippen MR) is 67.8 cm³/mol. The molecular formula is C12H18N2O2S. The van der Waals surface area contributed by atoms with Gasteiger partial charge in [-0.15, -0.1) is 0 Å². The molecule has 0 aliphatic carbocycles. The summed E-state index contributed by atoms with van der Waals surface area (Å²) in [7, 11) is 0. The zero-order valence-corrected chi connectivity index (χ0v) is 10.8. The molecule has 0 bridgehead atoms. The maximum Gasteiger partial charge on any atom is 0.240 e. The Morgan fingerprint density at radius 3 is 2.88 bits per heavy atom. The van der Waals surface area contributed by atoms with Gasteiger partial charge in [0.1, 0.15) is 0 Å². The van der Waals surface area contributed by atoms with E-state index in [-0.39, 0.29) is 11.9 Å². The highest BCUT2D eigenvalue weighted by atomic mass is 32.1. The highest BCUT2D eigenvalue weighted by Gasteiger charge is 2.36. The van der Waals surface area contributed by atoms with Gasteiger partial charge in [-0.1, -0.05) is 0 Å². The van der Waals surface area contributed by atoms with Crippen molar-refractivity contribution in [3.8, 4) is 0 Å². The van der Waals surface area contributed by atoms with Gasteiger partial charge in [-0.2, -0.15) is 11.3 Å². The first-order valence-electron chi connectivity index (χ1n) is 5.81. The molecule has 1 aliphatic rings. The van der Waals surface area contributed by atoms with Gasteiger partial charge in [-0.05, 0) is 42.2 Å². The lowest BCUT2D eigenvalue weighted by Gasteiger charge is -2.32. The summed E-state index contributed by atoms with van der Waals surface area (Å²) in [6.45, 7) is 3.11. The Bertz CT molecular complexity index is 372. The van der Waals surface area contributed by atoms with Gasteiger partial charge in [0.2, 0.25) is 5.91 Å². The Morgan fingerprint density at radius 2 is 2.29 bits per heavy atom. The van der Waals surface area contributed by atoms with Crippen LogP contribution in [0.15, 0.2) is 16.8 Å². The number of nitrogens with two attached hydrogens (primary N) is 1. The quantitative estimate of drug-likeness (QED) is 0.857. The van der Waals surface area contributed by atoms with E-state index < -0.39 is 5.54 Å². The second kappa shape index (κ2) is 5.16. The molecule has 1 aliphatic heterocycles. The van der Waals surface area contributed by atoms with Crippen molar-refractivity contribution in [2.75, 3.05) is 13.2 Å². The van der Waals surface area contributed by atoms with Crippen LogP contribution in [0.5, 0.6) is 0 Å². The fourth-order valence-electron chi connectivity index (χ4n) is 1.91. The van der Waals surface area contributed by atoms with Crippen molar-refractivity contribution in [3.05, 3.63) is 22.4 Å². The molecule has 0 radical (unpaired) electrons. The Hall–Kier alpha value is -0.910. The van der Waals surface area contributed by atoms with Gasteiger partial charge in [0, 0.05) is 13.2 Å². The number of nitrogens with one attached hydrogen (secondary N) is 1. The van der Waals surface area contributed by atoms with Crippen molar-refractivity contribution in [1.29, 1.82) is 0 Å². The first-order valence-corrected chi connectivity index (χ1v) is 6.76. The van der Waals surface area contributed by atoms with Crippen LogP contribution in [0.4, 0.5) is 0 Å². The highest BCUT2D eigenvalue weighted by Crippen LogP contribution is 2.21. The van der Waals surface area contributed by atoms with E-state index in [9.17, 15) is 4.79 Å². The Morgan fingerprint density at radius 1 is 1.59 bits per heavy atom. The molecular weight excluding hydrogens is 236 g/mol. The van der Waals surface area contributed by atoms with Crippen LogP contribution >= 0.6 is 11.3 Å². The molecule has 1 amide bonds. The lowest BCUT2D eigenvalue weighted by Crippen LogP contribution is -2.57. The van der Waals surface area contributed by atoms with Gasteiger partial charge in [0.25, 0.3) is 0 Å². The van der Waals surface area contributed by atoms with Crippen molar-refractivity contribution in [2.45, 2.75) is 31.3 Å². The number of amides is 1. The first-order chi connectivity index (χ1) is 8.12. The van der Waals surface area contributed by atoms with Crippen LogP contribution in [-0.2, 0) is 9.53 Å². The molecule has 0 aromatic carbocycles. The Balaban J connectivity index is 1.96. The summed E-state index contributed by atoms with van der Waals surface area (Å²) in [6, 6.07) is 2.03. The van der Waals surface area contributed by atoms with Crippen molar-refractivity contribution < 1.29 is 9.53 Å². The van der Waals surface area contributed by atoms with Crippen molar-refractivity contribution in [1.82, 2.24) is 5.32 Å². The molecule has 1 aromatic heterocycles. The van der Waals surface area contributed by atoms with Crippen LogP contribution in [-0.4, -0.2) is 24.7 Å². The molecule has 4 nitrogen and oxygen atoms in total. The van der Waals surface area contributed by atoms with E-state index in [1.165, 1.54) is 0 Å². The number of rotatable bonds is 3. The number of hydrogen-bond acceptors (Lipinski definition) is 4. The molecule has 2 rings (SSSR count). The molecule has 0 saturated carbocycles. The van der Waals surface area contributed by atoms with Gasteiger partial charge in [-0.3, -0.25) is 4.79 Å². The zero-order valence-electron chi connectivity index (χ0n) is 9.94. The standard InChI is InChI=1S/C12H18N2O2S/c1-9(10-2-7-17-8-10)14-11(15)12(13)3-5-16-6-4-12/h2,7-9H,3-6,13H2,1H3,(H,14,15). The number of hydrogen-bond donors (Lipinski definition) is 2. The minimum atomic E-state index is -0.761. The molecule has 5 heteroatoms. The van der Waals surface area contributed by atoms with Crippen LogP contribution in [0.25, 0.3) is 0 Å². The lowest BCUT2D eigenvalue weighted by atomic mass is 9.90. The molecule has 17 heavy (non-hydrogen) atoms. The third kappa shape index (κ3) is 2.86. The van der Waals surface area contributed by atoms with Gasteiger partial charge in [0.05, 0.1) is 11.6 Å². The van der Waals surface area contributed by atoms with Crippen molar-refractivity contribution in [2.24, 2.45) is 5.73 Å². The molecule has 1 aromatic rings. The lowest BCUT2D eigenvalue weighted by molar-refractivity contribution is -0.130. The monoisotopic (exact) mass is 254 g/mol. The third-order valence-electron chi connectivity index (χ3n) is 3.23. The summed E-state index contributed by atoms with van der Waals surface area (Å²) >= 11 is 1.63. The number of ether oxygens (including phenoxy) is 1. The maximum absolute atomic E-state index is 12.1. The summed E-state index contributed by atoms with van der Waals surface area (Å²) in [6.07, 6.45) is 1.18. The summed E-state index contributed by atoms with van der Waals surface area (Å²) in [5.74, 6) is -0.0699. The van der Waals surface area contributed by atoms with Crippen LogP contribution < -0.4 is 11.1 Å². The predicted octanol–water partition coefficient (Wildman–Crippen LogP) is 1.43. The third-order valence-corrected chi connectivity index (χ3v) is 3.93. The largest absolute Gasteiger partial charge is 0.381 e. The first kappa shape index (κ1) is 12.5. The Labute approximate surface area is 105 Å². The Kier molecular flexibility index (Phi) is 3.81. The molecule has 94 valence electrons. The molecule has 1 unspecified atom stereocenters. The van der Waals surface area contributed by atoms with Crippen LogP contribution in [0.2, 0.25) is 0 Å². The topological polar surface area (TPSA) is 64.4 Å². The highest BCUT2D eigenvalue weighted by molar-refractivity contribution is 7.07. The van der Waals surface area contributed by atoms with E-state index in [0.717, 1.165) is 5.56 Å². The summed E-state index contributed by atoms with van der Waals surface area (Å²) in [4.78, 5) is 12.1. The second-order valence-corrected chi connectivity index (χ2v) is 5.30. The van der Waals surface area contributed by atoms with Crippen molar-refractivity contribution in [3.63, 3.8) is 0 Å². The fraction of sp³-hybridized carbons (Fsp3) is 0.583. The van der Waals surface area contributed by atoms with E-state index in [1.54, 1.807) is 11.3 Å². The normalized spacial score (nSPS) is 20.8. The average Bonchev–Trinajstić information content (AvgIpc) is 2.83. The molecule has 1 atom stereocenters. The van der Waals surface area contributed by atoms with E-state index in [2.05, 4.69) is 5.32 Å². The summed E-state index contributed by atoms with van der Waals surface area (Å²) in [5.41, 5.74) is 6.48. The molecule has 1 saturated heterocycles. The van der Waals surface area contributed by atoms with E-state index >= 15 is 0 Å².